The van der Waals surface area contributed by atoms with Crippen molar-refractivity contribution in [1.29, 1.82) is 0 Å². The van der Waals surface area contributed by atoms with Crippen molar-refractivity contribution >= 4 is 27.8 Å². The van der Waals surface area contributed by atoms with Crippen molar-refractivity contribution in [2.45, 2.75) is 26.7 Å². The fraction of sp³-hybridized carbons (Fsp3) is 0.333. The SMILES string of the molecule is CCCc1nc2c(N)nc3ccccc3c2n1OCC. The van der Waals surface area contributed by atoms with E-state index in [1.54, 1.807) is 0 Å². The first-order chi connectivity index (χ1) is 9.76. The summed E-state index contributed by atoms with van der Waals surface area (Å²) in [6.45, 7) is 4.67. The minimum absolute atomic E-state index is 0.453. The Hall–Kier alpha value is -2.30. The van der Waals surface area contributed by atoms with Gasteiger partial charge in [0.25, 0.3) is 0 Å². The zero-order valence-corrected chi connectivity index (χ0v) is 11.8. The van der Waals surface area contributed by atoms with Crippen molar-refractivity contribution in [3.8, 4) is 0 Å². The molecule has 3 rings (SSSR count). The van der Waals surface area contributed by atoms with Crippen LogP contribution in [0.1, 0.15) is 26.1 Å². The summed E-state index contributed by atoms with van der Waals surface area (Å²) in [5.74, 6) is 1.35. The van der Waals surface area contributed by atoms with Crippen LogP contribution in [0.2, 0.25) is 0 Å². The molecule has 1 aromatic carbocycles. The van der Waals surface area contributed by atoms with Gasteiger partial charge < -0.3 is 10.6 Å². The van der Waals surface area contributed by atoms with E-state index in [0.717, 1.165) is 40.6 Å². The van der Waals surface area contributed by atoms with Crippen molar-refractivity contribution in [3.05, 3.63) is 30.1 Å². The van der Waals surface area contributed by atoms with Crippen LogP contribution in [0.15, 0.2) is 24.3 Å². The van der Waals surface area contributed by atoms with Gasteiger partial charge in [0.1, 0.15) is 23.5 Å². The number of aromatic nitrogens is 3. The summed E-state index contributed by atoms with van der Waals surface area (Å²) in [6.07, 6.45) is 1.85. The number of rotatable bonds is 4. The minimum atomic E-state index is 0.453. The van der Waals surface area contributed by atoms with E-state index in [-0.39, 0.29) is 0 Å². The third kappa shape index (κ3) is 1.86. The minimum Gasteiger partial charge on any atom is -0.412 e. The number of hydrogen-bond donors (Lipinski definition) is 1. The fourth-order valence-electron chi connectivity index (χ4n) is 2.47. The Labute approximate surface area is 117 Å². The molecule has 5 heteroatoms. The van der Waals surface area contributed by atoms with Crippen LogP contribution in [0.5, 0.6) is 0 Å². The highest BCUT2D eigenvalue weighted by atomic mass is 16.7. The number of benzene rings is 1. The Morgan fingerprint density at radius 1 is 1.20 bits per heavy atom. The summed E-state index contributed by atoms with van der Waals surface area (Å²) in [4.78, 5) is 14.8. The van der Waals surface area contributed by atoms with Crippen molar-refractivity contribution in [2.24, 2.45) is 0 Å². The maximum atomic E-state index is 6.05. The van der Waals surface area contributed by atoms with E-state index in [2.05, 4.69) is 16.9 Å². The van der Waals surface area contributed by atoms with Gasteiger partial charge in [-0.25, -0.2) is 9.97 Å². The number of pyridine rings is 1. The summed E-state index contributed by atoms with van der Waals surface area (Å²) >= 11 is 0. The molecule has 0 radical (unpaired) electrons. The van der Waals surface area contributed by atoms with Crippen LogP contribution in [0.25, 0.3) is 21.9 Å². The topological polar surface area (TPSA) is 66.0 Å². The molecule has 2 aromatic heterocycles. The third-order valence-corrected chi connectivity index (χ3v) is 3.28. The number of nitrogens with two attached hydrogens (primary N) is 1. The lowest BCUT2D eigenvalue weighted by Gasteiger charge is -2.10. The monoisotopic (exact) mass is 270 g/mol. The quantitative estimate of drug-likeness (QED) is 0.791. The second kappa shape index (κ2) is 5.00. The second-order valence-electron chi connectivity index (χ2n) is 4.70. The lowest BCUT2D eigenvalue weighted by Crippen LogP contribution is -2.14. The Kier molecular flexibility index (Phi) is 3.18. The molecule has 0 atom stereocenters. The lowest BCUT2D eigenvalue weighted by atomic mass is 10.2. The molecule has 0 saturated carbocycles. The van der Waals surface area contributed by atoms with Crippen LogP contribution in [0.3, 0.4) is 0 Å². The fourth-order valence-corrected chi connectivity index (χ4v) is 2.47. The molecule has 0 fully saturated rings. The predicted octanol–water partition coefficient (Wildman–Crippen LogP) is 2.57. The van der Waals surface area contributed by atoms with E-state index < -0.39 is 0 Å². The molecule has 0 aliphatic carbocycles. The van der Waals surface area contributed by atoms with E-state index in [0.29, 0.717) is 12.4 Å². The highest BCUT2D eigenvalue weighted by Crippen LogP contribution is 2.28. The molecule has 0 aliphatic heterocycles. The number of aryl methyl sites for hydroxylation is 1. The molecule has 0 unspecified atom stereocenters. The van der Waals surface area contributed by atoms with Crippen LogP contribution >= 0.6 is 0 Å². The molecule has 0 amide bonds. The summed E-state index contributed by atoms with van der Waals surface area (Å²) in [7, 11) is 0. The largest absolute Gasteiger partial charge is 0.412 e. The number of nitrogen functional groups attached to an aromatic ring is 1. The molecule has 2 heterocycles. The van der Waals surface area contributed by atoms with Gasteiger partial charge in [0.2, 0.25) is 0 Å². The van der Waals surface area contributed by atoms with Gasteiger partial charge in [0, 0.05) is 11.8 Å². The number of hydrogen-bond acceptors (Lipinski definition) is 4. The molecule has 0 bridgehead atoms. The van der Waals surface area contributed by atoms with Crippen molar-refractivity contribution in [3.63, 3.8) is 0 Å². The van der Waals surface area contributed by atoms with Gasteiger partial charge in [0.05, 0.1) is 5.52 Å². The highest BCUT2D eigenvalue weighted by molar-refractivity contribution is 6.06. The lowest BCUT2D eigenvalue weighted by molar-refractivity contribution is 0.124. The normalized spacial score (nSPS) is 11.3. The first kappa shape index (κ1) is 12.7. The first-order valence-electron chi connectivity index (χ1n) is 6.95. The molecule has 104 valence electrons. The van der Waals surface area contributed by atoms with Gasteiger partial charge in [-0.2, -0.15) is 4.73 Å². The maximum absolute atomic E-state index is 6.05. The van der Waals surface area contributed by atoms with Gasteiger partial charge in [-0.05, 0) is 19.4 Å². The summed E-state index contributed by atoms with van der Waals surface area (Å²) in [6, 6.07) is 7.92. The van der Waals surface area contributed by atoms with E-state index in [4.69, 9.17) is 10.6 Å². The number of nitrogens with zero attached hydrogens (tertiary/aromatic N) is 3. The van der Waals surface area contributed by atoms with E-state index >= 15 is 0 Å². The Morgan fingerprint density at radius 3 is 2.75 bits per heavy atom. The van der Waals surface area contributed by atoms with Crippen molar-refractivity contribution in [2.75, 3.05) is 12.3 Å². The summed E-state index contributed by atoms with van der Waals surface area (Å²) in [5.41, 5.74) is 8.55. The molecule has 5 nitrogen and oxygen atoms in total. The van der Waals surface area contributed by atoms with Gasteiger partial charge in [-0.15, -0.1) is 0 Å². The Balaban J connectivity index is 2.42. The summed E-state index contributed by atoms with van der Waals surface area (Å²) in [5, 5.41) is 1.01. The Morgan fingerprint density at radius 2 is 2.00 bits per heavy atom. The molecule has 0 spiro atoms. The van der Waals surface area contributed by atoms with Gasteiger partial charge in [0.15, 0.2) is 5.82 Å². The molecular formula is C15H18N4O. The number of fused-ring (bicyclic) bond motifs is 3. The highest BCUT2D eigenvalue weighted by Gasteiger charge is 2.17. The van der Waals surface area contributed by atoms with Crippen LogP contribution in [0.4, 0.5) is 5.82 Å². The zero-order chi connectivity index (χ0) is 14.1. The van der Waals surface area contributed by atoms with Crippen molar-refractivity contribution < 1.29 is 4.84 Å². The number of para-hydroxylation sites is 1. The standard InChI is InChI=1S/C15H18N4O/c1-3-7-12-18-13-14(19(12)20-4-2)10-8-5-6-9-11(10)17-15(13)16/h5-6,8-9H,3-4,7H2,1-2H3,(H2,16,17). The van der Waals surface area contributed by atoms with Gasteiger partial charge in [-0.1, -0.05) is 25.1 Å². The first-order valence-corrected chi connectivity index (χ1v) is 6.95. The van der Waals surface area contributed by atoms with Crippen molar-refractivity contribution in [1.82, 2.24) is 14.7 Å². The molecule has 20 heavy (non-hydrogen) atoms. The average Bonchev–Trinajstić information content (AvgIpc) is 2.80. The maximum Gasteiger partial charge on any atom is 0.152 e. The van der Waals surface area contributed by atoms with Crippen LogP contribution in [0, 0.1) is 0 Å². The van der Waals surface area contributed by atoms with E-state index in [1.807, 2.05) is 35.9 Å². The smallest absolute Gasteiger partial charge is 0.152 e. The number of imidazole rings is 1. The van der Waals surface area contributed by atoms with Crippen LogP contribution < -0.4 is 10.6 Å². The van der Waals surface area contributed by atoms with Crippen LogP contribution in [-0.2, 0) is 6.42 Å². The molecule has 3 aromatic rings. The van der Waals surface area contributed by atoms with E-state index in [1.165, 1.54) is 0 Å². The van der Waals surface area contributed by atoms with Crippen LogP contribution in [-0.4, -0.2) is 21.3 Å². The summed E-state index contributed by atoms with van der Waals surface area (Å²) < 4.78 is 1.82. The predicted molar refractivity (Wildman–Crippen MR) is 80.6 cm³/mol. The van der Waals surface area contributed by atoms with E-state index in [9.17, 15) is 0 Å². The Bertz CT molecular complexity index is 763. The molecular weight excluding hydrogens is 252 g/mol. The van der Waals surface area contributed by atoms with Gasteiger partial charge in [-0.3, -0.25) is 0 Å². The zero-order valence-electron chi connectivity index (χ0n) is 11.8. The average molecular weight is 270 g/mol. The van der Waals surface area contributed by atoms with Gasteiger partial charge >= 0.3 is 0 Å². The molecule has 2 N–H and O–H groups in total. The second-order valence-corrected chi connectivity index (χ2v) is 4.70. The third-order valence-electron chi connectivity index (χ3n) is 3.28. The number of anilines is 1. The molecule has 0 aliphatic rings. The molecule has 0 saturated heterocycles.